The van der Waals surface area contributed by atoms with E-state index in [1.807, 2.05) is 0 Å². The first-order valence-electron chi connectivity index (χ1n) is 12.7. The molecule has 4 rings (SSSR count). The van der Waals surface area contributed by atoms with Gasteiger partial charge in [0.25, 0.3) is 0 Å². The molecular formula is C27H28N4O10. The molecule has 1 heterocycles. The molecule has 1 amide bonds. The van der Waals surface area contributed by atoms with Gasteiger partial charge in [0.1, 0.15) is 18.1 Å². The van der Waals surface area contributed by atoms with Gasteiger partial charge in [0.05, 0.1) is 29.9 Å². The zero-order chi connectivity index (χ0) is 30.0. The minimum atomic E-state index is -1.10. The number of hydrogen-bond donors (Lipinski definition) is 5. The fourth-order valence-corrected chi connectivity index (χ4v) is 5.14. The third kappa shape index (κ3) is 5.70. The van der Waals surface area contributed by atoms with Gasteiger partial charge in [-0.2, -0.15) is 0 Å². The molecule has 2 aliphatic rings. The predicted molar refractivity (Wildman–Crippen MR) is 139 cm³/mol. The number of carbonyl (C=O) groups is 4. The molecule has 2 aromatic carbocycles. The summed E-state index contributed by atoms with van der Waals surface area (Å²) in [5.41, 5.74) is 12.5. The van der Waals surface area contributed by atoms with E-state index in [9.17, 15) is 39.6 Å². The van der Waals surface area contributed by atoms with Crippen LogP contribution >= 0.6 is 0 Å². The minimum absolute atomic E-state index is 0.0128. The van der Waals surface area contributed by atoms with Crippen LogP contribution in [0.25, 0.3) is 10.4 Å². The Bertz CT molecular complexity index is 1460. The summed E-state index contributed by atoms with van der Waals surface area (Å²) in [4.78, 5) is 54.0. The number of fused-ring (bicyclic) bond motifs is 2. The summed E-state index contributed by atoms with van der Waals surface area (Å²) in [6.07, 6.45) is -2.08. The zero-order valence-electron chi connectivity index (χ0n) is 21.9. The van der Waals surface area contributed by atoms with E-state index in [-0.39, 0.29) is 48.1 Å². The van der Waals surface area contributed by atoms with Crippen molar-refractivity contribution in [3.8, 4) is 11.5 Å². The Hall–Kier alpha value is -4.17. The molecule has 1 fully saturated rings. The van der Waals surface area contributed by atoms with Gasteiger partial charge < -0.3 is 35.6 Å². The van der Waals surface area contributed by atoms with Crippen LogP contribution < -0.4 is 5.73 Å². The number of ketones is 3. The van der Waals surface area contributed by atoms with E-state index in [4.69, 9.17) is 20.7 Å². The molecular weight excluding hydrogens is 540 g/mol. The van der Waals surface area contributed by atoms with Gasteiger partial charge in [-0.05, 0) is 42.0 Å². The maximum atomic E-state index is 13.4. The third-order valence-electron chi connectivity index (χ3n) is 7.31. The Labute approximate surface area is 232 Å². The molecule has 0 saturated carbocycles. The van der Waals surface area contributed by atoms with E-state index < -0.39 is 82.9 Å². The molecule has 14 nitrogen and oxygen atoms in total. The van der Waals surface area contributed by atoms with Crippen LogP contribution in [-0.2, 0) is 20.7 Å². The molecule has 216 valence electrons. The first-order chi connectivity index (χ1) is 19.5. The molecule has 0 spiro atoms. The quantitative estimate of drug-likeness (QED) is 0.106. The van der Waals surface area contributed by atoms with Crippen molar-refractivity contribution in [3.63, 3.8) is 0 Å². The largest absolute Gasteiger partial charge is 0.507 e. The third-order valence-corrected chi connectivity index (χ3v) is 7.31. The molecule has 41 heavy (non-hydrogen) atoms. The summed E-state index contributed by atoms with van der Waals surface area (Å²) in [7, 11) is 0. The Morgan fingerprint density at radius 2 is 1.95 bits per heavy atom. The van der Waals surface area contributed by atoms with Gasteiger partial charge in [0.15, 0.2) is 23.6 Å². The van der Waals surface area contributed by atoms with Crippen LogP contribution in [0.5, 0.6) is 11.5 Å². The first-order valence-corrected chi connectivity index (χ1v) is 12.7. The topological polar surface area (TPSA) is 242 Å². The van der Waals surface area contributed by atoms with E-state index in [0.717, 1.165) is 6.07 Å². The van der Waals surface area contributed by atoms with Crippen molar-refractivity contribution < 1.29 is 49.1 Å². The fourth-order valence-electron chi connectivity index (χ4n) is 5.14. The number of nitrogens with two attached hydrogens (primary N) is 1. The zero-order valence-corrected chi connectivity index (χ0v) is 21.9. The number of hydrogen-bond acceptors (Lipinski definition) is 11. The van der Waals surface area contributed by atoms with Crippen LogP contribution in [0.15, 0.2) is 29.4 Å². The number of amides is 1. The first kappa shape index (κ1) is 29.8. The lowest BCUT2D eigenvalue weighted by Gasteiger charge is -2.36. The molecule has 2 aromatic rings. The number of nitrogens with zero attached hydrogens (tertiary/aromatic N) is 3. The van der Waals surface area contributed by atoms with Gasteiger partial charge in [-0.1, -0.05) is 18.2 Å². The molecule has 0 aromatic heterocycles. The van der Waals surface area contributed by atoms with Crippen LogP contribution in [0.1, 0.15) is 67.5 Å². The Morgan fingerprint density at radius 3 is 2.61 bits per heavy atom. The van der Waals surface area contributed by atoms with Crippen LogP contribution in [-0.4, -0.2) is 81.4 Å². The molecule has 1 aliphatic carbocycles. The van der Waals surface area contributed by atoms with Crippen molar-refractivity contribution in [2.45, 2.75) is 50.7 Å². The number of aliphatic hydroxyl groups is 2. The second-order valence-corrected chi connectivity index (χ2v) is 9.88. The van der Waals surface area contributed by atoms with E-state index in [1.54, 1.807) is 6.92 Å². The molecule has 1 aliphatic heterocycles. The number of phenolic OH excluding ortho intramolecular Hbond substituents is 2. The number of ether oxygens (including phenoxy) is 2. The molecule has 6 N–H and O–H groups in total. The Kier molecular flexibility index (Phi) is 8.83. The van der Waals surface area contributed by atoms with Gasteiger partial charge in [-0.3, -0.25) is 19.2 Å². The van der Waals surface area contributed by atoms with Crippen LogP contribution in [0.4, 0.5) is 0 Å². The molecule has 0 bridgehead atoms. The maximum Gasteiger partial charge on any atom is 0.249 e. The SMILES string of the molecule is CC1OC(OCCC(Cc2cc(O)c3c(c2O)C(=O)c2cccc(C(=O)N=[N+]=[N-])c2C3=O)C(=O)CO)CC(N)C1O. The average molecular weight is 569 g/mol. The summed E-state index contributed by atoms with van der Waals surface area (Å²) in [6, 6.07) is 4.22. The highest BCUT2D eigenvalue weighted by atomic mass is 16.7. The van der Waals surface area contributed by atoms with E-state index in [1.165, 1.54) is 18.2 Å². The number of phenols is 2. The van der Waals surface area contributed by atoms with E-state index in [0.29, 0.717) is 0 Å². The lowest BCUT2D eigenvalue weighted by atomic mass is 9.79. The van der Waals surface area contributed by atoms with Crippen molar-refractivity contribution >= 4 is 23.3 Å². The summed E-state index contributed by atoms with van der Waals surface area (Å²) >= 11 is 0. The Balaban J connectivity index is 1.61. The van der Waals surface area contributed by atoms with Gasteiger partial charge >= 0.3 is 0 Å². The summed E-state index contributed by atoms with van der Waals surface area (Å²) in [5, 5.41) is 44.3. The van der Waals surface area contributed by atoms with Crippen LogP contribution in [0, 0.1) is 5.92 Å². The number of Topliss-reactive ketones (excluding diaryl/α,β-unsaturated/α-hetero) is 1. The monoisotopic (exact) mass is 568 g/mol. The molecule has 1 saturated heterocycles. The second-order valence-electron chi connectivity index (χ2n) is 9.88. The van der Waals surface area contributed by atoms with Crippen molar-refractivity contribution in [1.82, 2.24) is 0 Å². The fraction of sp³-hybridized carbons (Fsp3) is 0.407. The molecule has 14 heteroatoms. The van der Waals surface area contributed by atoms with Crippen molar-refractivity contribution in [2.75, 3.05) is 13.2 Å². The number of aromatic hydroxyl groups is 2. The van der Waals surface area contributed by atoms with Crippen LogP contribution in [0.2, 0.25) is 0 Å². The predicted octanol–water partition coefficient (Wildman–Crippen LogP) is 1.27. The van der Waals surface area contributed by atoms with Gasteiger partial charge in [-0.25, -0.2) is 0 Å². The van der Waals surface area contributed by atoms with E-state index in [2.05, 4.69) is 10.0 Å². The van der Waals surface area contributed by atoms with Gasteiger partial charge in [-0.15, -0.1) is 0 Å². The number of aliphatic hydroxyl groups excluding tert-OH is 2. The van der Waals surface area contributed by atoms with E-state index >= 15 is 0 Å². The normalized spacial score (nSPS) is 22.3. The minimum Gasteiger partial charge on any atom is -0.507 e. The smallest absolute Gasteiger partial charge is 0.249 e. The summed E-state index contributed by atoms with van der Waals surface area (Å²) in [6.45, 7) is 0.817. The standard InChI is InChI=1S/C27H28N4O10/c1-11-23(35)16(28)9-19(41-11)40-6-5-12(18(34)10-32)7-13-8-17(33)21-22(24(13)36)25(37)14-3-2-4-15(20(14)26(21)38)27(39)30-31-29/h2-4,8,11-12,16,19,23,32-33,35-36H,5-7,9-10,28H2,1H3. The number of benzene rings is 2. The average Bonchev–Trinajstić information content (AvgIpc) is 2.94. The lowest BCUT2D eigenvalue weighted by Crippen LogP contribution is -2.51. The highest BCUT2D eigenvalue weighted by Crippen LogP contribution is 2.42. The molecule has 5 unspecified atom stereocenters. The highest BCUT2D eigenvalue weighted by Gasteiger charge is 2.39. The summed E-state index contributed by atoms with van der Waals surface area (Å²) < 4.78 is 11.2. The molecule has 0 radical (unpaired) electrons. The van der Waals surface area contributed by atoms with Gasteiger partial charge in [0.2, 0.25) is 5.91 Å². The number of azide groups is 1. The lowest BCUT2D eigenvalue weighted by molar-refractivity contribution is -0.223. The maximum absolute atomic E-state index is 13.4. The second kappa shape index (κ2) is 12.1. The number of rotatable bonds is 9. The highest BCUT2D eigenvalue weighted by molar-refractivity contribution is 6.32. The van der Waals surface area contributed by atoms with Crippen LogP contribution in [0.3, 0.4) is 0 Å². The Morgan fingerprint density at radius 1 is 1.22 bits per heavy atom. The molecule has 5 atom stereocenters. The van der Waals surface area contributed by atoms with Gasteiger partial charge in [0, 0.05) is 40.0 Å². The van der Waals surface area contributed by atoms with Crippen molar-refractivity contribution in [3.05, 3.63) is 68.1 Å². The number of carbonyl (C=O) groups excluding carboxylic acids is 4. The van der Waals surface area contributed by atoms with Crippen molar-refractivity contribution in [2.24, 2.45) is 16.8 Å². The van der Waals surface area contributed by atoms with Crippen molar-refractivity contribution in [1.29, 1.82) is 0 Å². The summed E-state index contributed by atoms with van der Waals surface area (Å²) in [5.74, 6) is -5.74.